The maximum Gasteiger partial charge on any atom is 0.162 e. The highest BCUT2D eigenvalue weighted by molar-refractivity contribution is 14.1. The maximum atomic E-state index is 12.8. The summed E-state index contributed by atoms with van der Waals surface area (Å²) in [4.78, 5) is 11.1. The van der Waals surface area contributed by atoms with Crippen molar-refractivity contribution in [1.82, 2.24) is 0 Å². The molecule has 0 aliphatic carbocycles. The van der Waals surface area contributed by atoms with Crippen LogP contribution in [-0.4, -0.2) is 5.78 Å². The predicted molar refractivity (Wildman–Crippen MR) is 53.8 cm³/mol. The Labute approximate surface area is 88.5 Å². The lowest BCUT2D eigenvalue weighted by Gasteiger charge is -2.02. The normalized spacial score (nSPS) is 9.38. The molecule has 0 N–H and O–H groups in total. The largest absolute Gasteiger partial charge is 0.294 e. The number of benzene rings is 1. The molecule has 0 fully saturated rings. The zero-order valence-electron chi connectivity index (χ0n) is 6.77. The van der Waals surface area contributed by atoms with E-state index in [1.807, 2.05) is 22.6 Å². The van der Waals surface area contributed by atoms with Gasteiger partial charge in [0.2, 0.25) is 0 Å². The molecule has 0 spiro atoms. The number of nitrogens with zero attached hydrogens (tertiary/aromatic N) is 1. The number of hydrogen-bond acceptors (Lipinski definition) is 2. The van der Waals surface area contributed by atoms with Gasteiger partial charge in [-0.25, -0.2) is 4.39 Å². The molecule has 0 atom stereocenters. The third-order valence-electron chi connectivity index (χ3n) is 1.53. The van der Waals surface area contributed by atoms with Gasteiger partial charge in [-0.2, -0.15) is 5.26 Å². The molecule has 0 saturated carbocycles. The van der Waals surface area contributed by atoms with Gasteiger partial charge in [0, 0.05) is 9.13 Å². The Hall–Kier alpha value is -0.960. The molecule has 1 rings (SSSR count). The quantitative estimate of drug-likeness (QED) is 0.588. The summed E-state index contributed by atoms with van der Waals surface area (Å²) in [5, 5.41) is 8.64. The topological polar surface area (TPSA) is 40.9 Å². The average Bonchev–Trinajstić information content (AvgIpc) is 2.01. The van der Waals surface area contributed by atoms with Crippen molar-refractivity contribution in [1.29, 1.82) is 5.26 Å². The van der Waals surface area contributed by atoms with Crippen LogP contribution in [0.2, 0.25) is 0 Å². The van der Waals surface area contributed by atoms with Gasteiger partial charge in [-0.15, -0.1) is 0 Å². The number of ketones is 1. The summed E-state index contributed by atoms with van der Waals surface area (Å²) < 4.78 is 13.3. The molecule has 0 aliphatic rings. The molecule has 2 nitrogen and oxygen atoms in total. The molecule has 0 aliphatic heterocycles. The molecule has 1 aromatic rings. The number of Topliss-reactive ketones (excluding diaryl/α,β-unsaturated/α-hetero) is 1. The van der Waals surface area contributed by atoms with Crippen LogP contribution in [-0.2, 0) is 0 Å². The van der Waals surface area contributed by atoms with Crippen LogP contribution in [0.1, 0.15) is 22.8 Å². The van der Waals surface area contributed by atoms with Gasteiger partial charge in [0.05, 0.1) is 5.56 Å². The van der Waals surface area contributed by atoms with Gasteiger partial charge >= 0.3 is 0 Å². The van der Waals surface area contributed by atoms with Crippen LogP contribution in [0, 0.1) is 20.7 Å². The summed E-state index contributed by atoms with van der Waals surface area (Å²) >= 11 is 1.84. The van der Waals surface area contributed by atoms with E-state index < -0.39 is 5.82 Å². The first kappa shape index (κ1) is 10.1. The fourth-order valence-electron chi connectivity index (χ4n) is 1.02. The van der Waals surface area contributed by atoms with Crippen molar-refractivity contribution < 1.29 is 9.18 Å². The summed E-state index contributed by atoms with van der Waals surface area (Å²) in [5.41, 5.74) is 0.390. The van der Waals surface area contributed by atoms with Gasteiger partial charge < -0.3 is 0 Å². The van der Waals surface area contributed by atoms with E-state index in [0.29, 0.717) is 9.13 Å². The molecule has 1 aromatic carbocycles. The highest BCUT2D eigenvalue weighted by Gasteiger charge is 2.12. The van der Waals surface area contributed by atoms with Crippen LogP contribution in [0.15, 0.2) is 12.1 Å². The van der Waals surface area contributed by atoms with Crippen molar-refractivity contribution in [2.45, 2.75) is 6.92 Å². The number of hydrogen-bond donors (Lipinski definition) is 0. The molecular formula is C9H5FINO. The third kappa shape index (κ3) is 2.04. The second-order valence-corrected chi connectivity index (χ2v) is 3.64. The van der Waals surface area contributed by atoms with Gasteiger partial charge in [-0.05, 0) is 41.6 Å². The van der Waals surface area contributed by atoms with Crippen LogP contribution in [0.5, 0.6) is 0 Å². The summed E-state index contributed by atoms with van der Waals surface area (Å²) in [5.74, 6) is -0.716. The highest BCUT2D eigenvalue weighted by Crippen LogP contribution is 2.19. The molecule has 0 heterocycles. The van der Waals surface area contributed by atoms with Crippen molar-refractivity contribution >= 4 is 28.4 Å². The molecule has 0 aromatic heterocycles. The van der Waals surface area contributed by atoms with Gasteiger partial charge in [-0.3, -0.25) is 4.79 Å². The van der Waals surface area contributed by atoms with E-state index in [9.17, 15) is 9.18 Å². The standard InChI is InChI=1S/C9H5FINO/c1-5(13)9-6(4-12)2-7(10)3-8(9)11/h2-3H,1H3. The Bertz CT molecular complexity index is 409. The third-order valence-corrected chi connectivity index (χ3v) is 2.38. The van der Waals surface area contributed by atoms with Crippen LogP contribution in [0.3, 0.4) is 0 Å². The zero-order valence-corrected chi connectivity index (χ0v) is 8.92. The lowest BCUT2D eigenvalue weighted by Crippen LogP contribution is -2.01. The van der Waals surface area contributed by atoms with E-state index in [0.717, 1.165) is 6.07 Å². The van der Waals surface area contributed by atoms with Crippen molar-refractivity contribution in [3.63, 3.8) is 0 Å². The van der Waals surface area contributed by atoms with E-state index in [-0.39, 0.29) is 11.3 Å². The van der Waals surface area contributed by atoms with Crippen LogP contribution in [0.25, 0.3) is 0 Å². The van der Waals surface area contributed by atoms with Crippen LogP contribution >= 0.6 is 22.6 Å². The fraction of sp³-hybridized carbons (Fsp3) is 0.111. The van der Waals surface area contributed by atoms with E-state index >= 15 is 0 Å². The Morgan fingerprint density at radius 2 is 2.23 bits per heavy atom. The van der Waals surface area contributed by atoms with Crippen molar-refractivity contribution in [3.8, 4) is 6.07 Å². The number of halogens is 2. The molecule has 0 radical (unpaired) electrons. The molecule has 66 valence electrons. The smallest absolute Gasteiger partial charge is 0.162 e. The molecule has 0 amide bonds. The minimum atomic E-state index is -0.494. The molecule has 0 bridgehead atoms. The minimum Gasteiger partial charge on any atom is -0.294 e. The van der Waals surface area contributed by atoms with E-state index in [1.165, 1.54) is 13.0 Å². The first-order chi connectivity index (χ1) is 6.06. The first-order valence-corrected chi connectivity index (χ1v) is 4.54. The number of nitriles is 1. The zero-order chi connectivity index (χ0) is 10.0. The Morgan fingerprint density at radius 3 is 2.69 bits per heavy atom. The molecular weight excluding hydrogens is 284 g/mol. The second-order valence-electron chi connectivity index (χ2n) is 2.48. The van der Waals surface area contributed by atoms with Gasteiger partial charge in [0.15, 0.2) is 5.78 Å². The van der Waals surface area contributed by atoms with E-state index in [1.54, 1.807) is 6.07 Å². The van der Waals surface area contributed by atoms with Gasteiger partial charge in [0.25, 0.3) is 0 Å². The van der Waals surface area contributed by atoms with Crippen molar-refractivity contribution in [2.24, 2.45) is 0 Å². The molecule has 0 saturated heterocycles. The summed E-state index contributed by atoms with van der Waals surface area (Å²) in [6.45, 7) is 1.36. The highest BCUT2D eigenvalue weighted by atomic mass is 127. The van der Waals surface area contributed by atoms with Crippen LogP contribution < -0.4 is 0 Å². The molecule has 0 unspecified atom stereocenters. The SMILES string of the molecule is CC(=O)c1c(I)cc(F)cc1C#N. The maximum absolute atomic E-state index is 12.8. The average molecular weight is 289 g/mol. The minimum absolute atomic E-state index is 0.0944. The Balaban J connectivity index is 3.50. The summed E-state index contributed by atoms with van der Waals surface area (Å²) in [6, 6.07) is 4.10. The van der Waals surface area contributed by atoms with E-state index in [4.69, 9.17) is 5.26 Å². The van der Waals surface area contributed by atoms with Crippen molar-refractivity contribution in [2.75, 3.05) is 0 Å². The predicted octanol–water partition coefficient (Wildman–Crippen LogP) is 2.50. The molecule has 13 heavy (non-hydrogen) atoms. The monoisotopic (exact) mass is 289 g/mol. The molecule has 4 heteroatoms. The Morgan fingerprint density at radius 1 is 1.62 bits per heavy atom. The van der Waals surface area contributed by atoms with Gasteiger partial charge in [0.1, 0.15) is 11.9 Å². The number of carbonyl (C=O) groups excluding carboxylic acids is 1. The lowest BCUT2D eigenvalue weighted by atomic mass is 10.1. The summed E-state index contributed by atoms with van der Waals surface area (Å²) in [6.07, 6.45) is 0. The number of rotatable bonds is 1. The lowest BCUT2D eigenvalue weighted by molar-refractivity contribution is 0.101. The van der Waals surface area contributed by atoms with E-state index in [2.05, 4.69) is 0 Å². The van der Waals surface area contributed by atoms with Gasteiger partial charge in [-0.1, -0.05) is 0 Å². The fourth-order valence-corrected chi connectivity index (χ4v) is 1.99. The van der Waals surface area contributed by atoms with Crippen LogP contribution in [0.4, 0.5) is 4.39 Å². The second kappa shape index (κ2) is 3.83. The summed E-state index contributed by atoms with van der Waals surface area (Å²) in [7, 11) is 0. The first-order valence-electron chi connectivity index (χ1n) is 3.46. The number of carbonyl (C=O) groups is 1. The Kier molecular flexibility index (Phi) is 2.98. The van der Waals surface area contributed by atoms with Crippen molar-refractivity contribution in [3.05, 3.63) is 32.6 Å².